The van der Waals surface area contributed by atoms with E-state index in [1.54, 1.807) is 12.1 Å². The first-order chi connectivity index (χ1) is 6.35. The number of aryl methyl sites for hydroxylation is 1. The molecule has 0 aliphatic heterocycles. The number of fused-ring (bicyclic) bond motifs is 1. The van der Waals surface area contributed by atoms with E-state index in [1.165, 1.54) is 0 Å². The van der Waals surface area contributed by atoms with Crippen LogP contribution in [0.4, 0.5) is 0 Å². The normalized spacial score (nSPS) is 10.5. The average Bonchev–Trinajstić information content (AvgIpc) is 2.59. The number of rotatable bonds is 2. The van der Waals surface area contributed by atoms with E-state index in [0.29, 0.717) is 11.1 Å². The minimum absolute atomic E-state index is 0.617. The Morgan fingerprint density at radius 1 is 1.54 bits per heavy atom. The highest BCUT2D eigenvalue weighted by molar-refractivity contribution is 5.86. The average molecular weight is 175 g/mol. The van der Waals surface area contributed by atoms with Gasteiger partial charge >= 0.3 is 0 Å². The molecule has 0 amide bonds. The number of aldehydes is 1. The Morgan fingerprint density at radius 2 is 2.38 bits per heavy atom. The van der Waals surface area contributed by atoms with Crippen LogP contribution in [0.1, 0.15) is 23.0 Å². The van der Waals surface area contributed by atoms with Crippen molar-refractivity contribution in [3.8, 4) is 0 Å². The molecule has 1 heterocycles. The summed E-state index contributed by atoms with van der Waals surface area (Å²) >= 11 is 0. The highest BCUT2D eigenvalue weighted by atomic mass is 16.5. The Morgan fingerprint density at radius 3 is 3.08 bits per heavy atom. The second-order valence-electron chi connectivity index (χ2n) is 2.86. The van der Waals surface area contributed by atoms with Crippen molar-refractivity contribution in [1.29, 1.82) is 0 Å². The summed E-state index contributed by atoms with van der Waals surface area (Å²) in [4.78, 5) is 10.5. The van der Waals surface area contributed by atoms with E-state index in [4.69, 9.17) is 4.52 Å². The summed E-state index contributed by atoms with van der Waals surface area (Å²) in [5.41, 5.74) is 2.24. The maximum Gasteiger partial charge on any atom is 0.167 e. The van der Waals surface area contributed by atoms with Crippen LogP contribution >= 0.6 is 0 Å². The summed E-state index contributed by atoms with van der Waals surface area (Å²) in [5.74, 6) is 0. The summed E-state index contributed by atoms with van der Waals surface area (Å²) in [6, 6.07) is 5.34. The molecule has 0 spiro atoms. The lowest BCUT2D eigenvalue weighted by molar-refractivity contribution is 0.112. The summed E-state index contributed by atoms with van der Waals surface area (Å²) in [5, 5.41) is 4.89. The van der Waals surface area contributed by atoms with Crippen LogP contribution in [-0.4, -0.2) is 11.4 Å². The van der Waals surface area contributed by atoms with Crippen LogP contribution < -0.4 is 0 Å². The molecule has 0 N–H and O–H groups in total. The fraction of sp³-hybridized carbons (Fsp3) is 0.200. The summed E-state index contributed by atoms with van der Waals surface area (Å²) in [7, 11) is 0. The molecule has 66 valence electrons. The van der Waals surface area contributed by atoms with E-state index >= 15 is 0 Å². The van der Waals surface area contributed by atoms with Crippen LogP contribution in [0.15, 0.2) is 22.7 Å². The second kappa shape index (κ2) is 3.01. The zero-order valence-corrected chi connectivity index (χ0v) is 7.28. The highest BCUT2D eigenvalue weighted by Crippen LogP contribution is 2.19. The summed E-state index contributed by atoms with van der Waals surface area (Å²) < 4.78 is 5.07. The molecule has 3 heteroatoms. The SMILES string of the molecule is CCc1noc2cc(C=O)ccc12. The van der Waals surface area contributed by atoms with E-state index in [0.717, 1.165) is 23.8 Å². The third-order valence-corrected chi connectivity index (χ3v) is 2.04. The Labute approximate surface area is 75.3 Å². The molecule has 2 aromatic rings. The first-order valence-corrected chi connectivity index (χ1v) is 4.18. The lowest BCUT2D eigenvalue weighted by Crippen LogP contribution is -1.80. The van der Waals surface area contributed by atoms with Gasteiger partial charge in [0.2, 0.25) is 0 Å². The largest absolute Gasteiger partial charge is 0.356 e. The van der Waals surface area contributed by atoms with Gasteiger partial charge in [-0.15, -0.1) is 0 Å². The van der Waals surface area contributed by atoms with Crippen LogP contribution in [-0.2, 0) is 6.42 Å². The van der Waals surface area contributed by atoms with E-state index in [9.17, 15) is 4.79 Å². The van der Waals surface area contributed by atoms with Crippen molar-refractivity contribution in [2.45, 2.75) is 13.3 Å². The molecule has 0 radical (unpaired) electrons. The van der Waals surface area contributed by atoms with Gasteiger partial charge in [0.15, 0.2) is 5.58 Å². The van der Waals surface area contributed by atoms with Crippen LogP contribution in [0, 0.1) is 0 Å². The highest BCUT2D eigenvalue weighted by Gasteiger charge is 2.05. The number of hydrogen-bond acceptors (Lipinski definition) is 3. The van der Waals surface area contributed by atoms with Gasteiger partial charge in [0, 0.05) is 10.9 Å². The first kappa shape index (κ1) is 7.98. The molecule has 1 aromatic heterocycles. The van der Waals surface area contributed by atoms with Crippen molar-refractivity contribution < 1.29 is 9.32 Å². The van der Waals surface area contributed by atoms with Gasteiger partial charge in [-0.2, -0.15) is 0 Å². The first-order valence-electron chi connectivity index (χ1n) is 4.18. The molecule has 0 aliphatic carbocycles. The van der Waals surface area contributed by atoms with Crippen LogP contribution in [0.2, 0.25) is 0 Å². The fourth-order valence-corrected chi connectivity index (χ4v) is 1.33. The van der Waals surface area contributed by atoms with Crippen molar-refractivity contribution in [2.75, 3.05) is 0 Å². The standard InChI is InChI=1S/C10H9NO2/c1-2-9-8-4-3-7(6-12)5-10(8)13-11-9/h3-6H,2H2,1H3. The third kappa shape index (κ3) is 1.22. The number of aromatic nitrogens is 1. The molecule has 0 aliphatic rings. The van der Waals surface area contributed by atoms with Crippen LogP contribution in [0.5, 0.6) is 0 Å². The zero-order valence-electron chi connectivity index (χ0n) is 7.28. The van der Waals surface area contributed by atoms with Crippen molar-refractivity contribution in [3.05, 3.63) is 29.5 Å². The minimum Gasteiger partial charge on any atom is -0.356 e. The van der Waals surface area contributed by atoms with Crippen molar-refractivity contribution in [3.63, 3.8) is 0 Å². The quantitative estimate of drug-likeness (QED) is 0.657. The predicted molar refractivity (Wildman–Crippen MR) is 48.8 cm³/mol. The number of nitrogens with zero attached hydrogens (tertiary/aromatic N) is 1. The van der Waals surface area contributed by atoms with Gasteiger partial charge in [-0.1, -0.05) is 18.1 Å². The fourth-order valence-electron chi connectivity index (χ4n) is 1.33. The molecule has 0 atom stereocenters. The summed E-state index contributed by atoms with van der Waals surface area (Å²) in [6.45, 7) is 2.02. The van der Waals surface area contributed by atoms with Gasteiger partial charge in [-0.05, 0) is 18.6 Å². The van der Waals surface area contributed by atoms with Gasteiger partial charge in [0.25, 0.3) is 0 Å². The molecule has 0 unspecified atom stereocenters. The van der Waals surface area contributed by atoms with Crippen molar-refractivity contribution in [2.24, 2.45) is 0 Å². The van der Waals surface area contributed by atoms with Crippen molar-refractivity contribution in [1.82, 2.24) is 5.16 Å². The Bertz CT molecular complexity index is 445. The molecule has 0 fully saturated rings. The van der Waals surface area contributed by atoms with Gasteiger partial charge < -0.3 is 4.52 Å². The van der Waals surface area contributed by atoms with Gasteiger partial charge in [-0.3, -0.25) is 4.79 Å². The topological polar surface area (TPSA) is 43.1 Å². The number of benzene rings is 1. The Hall–Kier alpha value is -1.64. The van der Waals surface area contributed by atoms with Crippen LogP contribution in [0.25, 0.3) is 11.0 Å². The molecule has 2 rings (SSSR count). The van der Waals surface area contributed by atoms with Gasteiger partial charge in [-0.25, -0.2) is 0 Å². The Kier molecular flexibility index (Phi) is 1.85. The van der Waals surface area contributed by atoms with Crippen molar-refractivity contribution >= 4 is 17.3 Å². The van der Waals surface area contributed by atoms with Gasteiger partial charge in [0.1, 0.15) is 6.29 Å². The molecular weight excluding hydrogens is 166 g/mol. The van der Waals surface area contributed by atoms with Crippen LogP contribution in [0.3, 0.4) is 0 Å². The zero-order chi connectivity index (χ0) is 9.26. The minimum atomic E-state index is 0.617. The molecule has 0 saturated heterocycles. The number of carbonyl (C=O) groups is 1. The molecule has 0 saturated carbocycles. The number of carbonyl (C=O) groups excluding carboxylic acids is 1. The maximum atomic E-state index is 10.5. The Balaban J connectivity index is 2.67. The monoisotopic (exact) mass is 175 g/mol. The summed E-state index contributed by atoms with van der Waals surface area (Å²) in [6.07, 6.45) is 1.64. The third-order valence-electron chi connectivity index (χ3n) is 2.04. The molecule has 1 aromatic carbocycles. The van der Waals surface area contributed by atoms with E-state index in [2.05, 4.69) is 5.16 Å². The molecule has 13 heavy (non-hydrogen) atoms. The van der Waals surface area contributed by atoms with E-state index in [-0.39, 0.29) is 0 Å². The lowest BCUT2D eigenvalue weighted by Gasteiger charge is -1.90. The predicted octanol–water partition coefficient (Wildman–Crippen LogP) is 2.20. The molecular formula is C10H9NO2. The number of hydrogen-bond donors (Lipinski definition) is 0. The molecule has 3 nitrogen and oxygen atoms in total. The lowest BCUT2D eigenvalue weighted by atomic mass is 10.1. The maximum absolute atomic E-state index is 10.5. The van der Waals surface area contributed by atoms with Gasteiger partial charge in [0.05, 0.1) is 5.69 Å². The van der Waals surface area contributed by atoms with E-state index < -0.39 is 0 Å². The molecule has 0 bridgehead atoms. The second-order valence-corrected chi connectivity index (χ2v) is 2.86. The van der Waals surface area contributed by atoms with E-state index in [1.807, 2.05) is 13.0 Å². The smallest absolute Gasteiger partial charge is 0.167 e.